The molecule has 0 bridgehead atoms. The smallest absolute Gasteiger partial charge is 0.138 e. The fraction of sp³-hybridized carbons (Fsp3) is 0.316. The standard InChI is InChI=1S/C19H21ClN2O2/c1-14(23)19-21-17-6-2-3-7-18(17)22(19)12-4-5-13-24-16-10-8-15(20)9-11-16/h2-3,6-11,14,23H,4-5,12-13H2,1H3/t14-/m1/s1. The lowest BCUT2D eigenvalue weighted by atomic mass is 10.2. The lowest BCUT2D eigenvalue weighted by molar-refractivity contribution is 0.184. The summed E-state index contributed by atoms with van der Waals surface area (Å²) in [4.78, 5) is 4.54. The molecule has 3 aromatic rings. The molecule has 2 aromatic carbocycles. The number of ether oxygens (including phenoxy) is 1. The Balaban J connectivity index is 1.57. The summed E-state index contributed by atoms with van der Waals surface area (Å²) in [6.07, 6.45) is 1.30. The third-order valence-electron chi connectivity index (χ3n) is 3.92. The maximum atomic E-state index is 9.96. The number of aliphatic hydroxyl groups is 1. The molecule has 0 aliphatic rings. The van der Waals surface area contributed by atoms with Crippen molar-refractivity contribution in [1.29, 1.82) is 0 Å². The number of rotatable bonds is 7. The van der Waals surface area contributed by atoms with E-state index < -0.39 is 6.10 Å². The number of nitrogens with zero attached hydrogens (tertiary/aromatic N) is 2. The Bertz CT molecular complexity index is 797. The van der Waals surface area contributed by atoms with Crippen LogP contribution in [0.2, 0.25) is 5.02 Å². The summed E-state index contributed by atoms with van der Waals surface area (Å²) < 4.78 is 7.81. The van der Waals surface area contributed by atoms with Crippen molar-refractivity contribution >= 4 is 22.6 Å². The van der Waals surface area contributed by atoms with Crippen LogP contribution < -0.4 is 4.74 Å². The molecule has 1 heterocycles. The molecule has 0 aliphatic carbocycles. The Morgan fingerprint density at radius 1 is 1.12 bits per heavy atom. The predicted octanol–water partition coefficient (Wildman–Crippen LogP) is 4.60. The molecule has 0 unspecified atom stereocenters. The molecule has 0 fully saturated rings. The summed E-state index contributed by atoms with van der Waals surface area (Å²) in [5, 5.41) is 10.7. The number of aliphatic hydroxyl groups excluding tert-OH is 1. The zero-order chi connectivity index (χ0) is 16.9. The van der Waals surface area contributed by atoms with Crippen LogP contribution in [0.3, 0.4) is 0 Å². The number of para-hydroxylation sites is 2. The van der Waals surface area contributed by atoms with Gasteiger partial charge in [0.15, 0.2) is 0 Å². The zero-order valence-electron chi connectivity index (χ0n) is 13.7. The summed E-state index contributed by atoms with van der Waals surface area (Å²) >= 11 is 5.86. The van der Waals surface area contributed by atoms with Crippen LogP contribution in [0.5, 0.6) is 5.75 Å². The summed E-state index contributed by atoms with van der Waals surface area (Å²) in [5.74, 6) is 1.55. The SMILES string of the molecule is C[C@@H](O)c1nc2ccccc2n1CCCCOc1ccc(Cl)cc1. The highest BCUT2D eigenvalue weighted by molar-refractivity contribution is 6.30. The molecule has 0 spiro atoms. The van der Waals surface area contributed by atoms with Gasteiger partial charge in [-0.3, -0.25) is 0 Å². The van der Waals surface area contributed by atoms with E-state index in [1.54, 1.807) is 6.92 Å². The van der Waals surface area contributed by atoms with E-state index in [-0.39, 0.29) is 0 Å². The average molecular weight is 345 g/mol. The molecule has 126 valence electrons. The normalized spacial score (nSPS) is 12.5. The Morgan fingerprint density at radius 2 is 1.88 bits per heavy atom. The molecule has 0 radical (unpaired) electrons. The fourth-order valence-corrected chi connectivity index (χ4v) is 2.87. The third kappa shape index (κ3) is 3.89. The predicted molar refractivity (Wildman–Crippen MR) is 96.5 cm³/mol. The molecule has 0 saturated carbocycles. The molecule has 24 heavy (non-hydrogen) atoms. The van der Waals surface area contributed by atoms with Gasteiger partial charge in [0, 0.05) is 11.6 Å². The van der Waals surface area contributed by atoms with Crippen molar-refractivity contribution in [2.45, 2.75) is 32.4 Å². The second-order valence-electron chi connectivity index (χ2n) is 5.80. The van der Waals surface area contributed by atoms with Gasteiger partial charge in [0.25, 0.3) is 0 Å². The van der Waals surface area contributed by atoms with Crippen molar-refractivity contribution in [3.05, 3.63) is 59.4 Å². The Hall–Kier alpha value is -2.04. The van der Waals surface area contributed by atoms with Gasteiger partial charge in [-0.2, -0.15) is 0 Å². The molecular formula is C19H21ClN2O2. The van der Waals surface area contributed by atoms with Crippen LogP contribution in [0.4, 0.5) is 0 Å². The van der Waals surface area contributed by atoms with Crippen LogP contribution in [-0.4, -0.2) is 21.3 Å². The molecule has 1 N–H and O–H groups in total. The minimum atomic E-state index is -0.581. The second kappa shape index (κ2) is 7.69. The molecular weight excluding hydrogens is 324 g/mol. The first-order valence-electron chi connectivity index (χ1n) is 8.17. The van der Waals surface area contributed by atoms with Crippen molar-refractivity contribution in [1.82, 2.24) is 9.55 Å². The molecule has 4 nitrogen and oxygen atoms in total. The number of unbranched alkanes of at least 4 members (excludes halogenated alkanes) is 1. The Labute approximate surface area is 146 Å². The van der Waals surface area contributed by atoms with Gasteiger partial charge in [-0.25, -0.2) is 4.98 Å². The van der Waals surface area contributed by atoms with Crippen LogP contribution in [0.15, 0.2) is 48.5 Å². The third-order valence-corrected chi connectivity index (χ3v) is 4.17. The highest BCUT2D eigenvalue weighted by Gasteiger charge is 2.13. The van der Waals surface area contributed by atoms with Crippen LogP contribution in [0.1, 0.15) is 31.7 Å². The number of imidazole rings is 1. The Morgan fingerprint density at radius 3 is 2.62 bits per heavy atom. The molecule has 5 heteroatoms. The van der Waals surface area contributed by atoms with Gasteiger partial charge in [-0.05, 0) is 56.2 Å². The zero-order valence-corrected chi connectivity index (χ0v) is 14.4. The van der Waals surface area contributed by atoms with Gasteiger partial charge >= 0.3 is 0 Å². The highest BCUT2D eigenvalue weighted by atomic mass is 35.5. The van der Waals surface area contributed by atoms with Gasteiger partial charge in [-0.15, -0.1) is 0 Å². The maximum absolute atomic E-state index is 9.96. The molecule has 0 amide bonds. The average Bonchev–Trinajstić information content (AvgIpc) is 2.95. The van der Waals surface area contributed by atoms with Gasteiger partial charge < -0.3 is 14.4 Å². The van der Waals surface area contributed by atoms with E-state index >= 15 is 0 Å². The Kier molecular flexibility index (Phi) is 5.38. The largest absolute Gasteiger partial charge is 0.494 e. The monoisotopic (exact) mass is 344 g/mol. The van der Waals surface area contributed by atoms with Gasteiger partial charge in [0.05, 0.1) is 17.6 Å². The van der Waals surface area contributed by atoms with Crippen LogP contribution >= 0.6 is 11.6 Å². The van der Waals surface area contributed by atoms with Crippen molar-refractivity contribution in [2.24, 2.45) is 0 Å². The van der Waals surface area contributed by atoms with Crippen LogP contribution in [0.25, 0.3) is 11.0 Å². The van der Waals surface area contributed by atoms with Crippen LogP contribution in [0, 0.1) is 0 Å². The minimum absolute atomic E-state index is 0.581. The van der Waals surface area contributed by atoms with E-state index in [0.717, 1.165) is 42.0 Å². The summed E-state index contributed by atoms with van der Waals surface area (Å²) in [5.41, 5.74) is 1.98. The number of benzene rings is 2. The van der Waals surface area contributed by atoms with E-state index in [1.807, 2.05) is 48.5 Å². The summed E-state index contributed by atoms with van der Waals surface area (Å²) in [6, 6.07) is 15.4. The van der Waals surface area contributed by atoms with Gasteiger partial charge in [0.1, 0.15) is 17.7 Å². The molecule has 1 aromatic heterocycles. The minimum Gasteiger partial charge on any atom is -0.494 e. The number of hydrogen-bond donors (Lipinski definition) is 1. The number of hydrogen-bond acceptors (Lipinski definition) is 3. The fourth-order valence-electron chi connectivity index (χ4n) is 2.74. The second-order valence-corrected chi connectivity index (χ2v) is 6.23. The van der Waals surface area contributed by atoms with Gasteiger partial charge in [0.2, 0.25) is 0 Å². The first-order valence-corrected chi connectivity index (χ1v) is 8.54. The summed E-state index contributed by atoms with van der Waals surface area (Å²) in [6.45, 7) is 3.21. The molecule has 3 rings (SSSR count). The van der Waals surface area contributed by atoms with Crippen molar-refractivity contribution in [3.8, 4) is 5.75 Å². The molecule has 1 atom stereocenters. The van der Waals surface area contributed by atoms with Crippen molar-refractivity contribution in [3.63, 3.8) is 0 Å². The first-order chi connectivity index (χ1) is 11.6. The van der Waals surface area contributed by atoms with E-state index in [0.29, 0.717) is 11.6 Å². The lowest BCUT2D eigenvalue weighted by Gasteiger charge is -2.11. The number of halogens is 1. The first kappa shape index (κ1) is 16.8. The molecule has 0 aliphatic heterocycles. The lowest BCUT2D eigenvalue weighted by Crippen LogP contribution is -2.08. The van der Waals surface area contributed by atoms with Crippen molar-refractivity contribution in [2.75, 3.05) is 6.61 Å². The number of fused-ring (bicyclic) bond motifs is 1. The van der Waals surface area contributed by atoms with E-state index in [9.17, 15) is 5.11 Å². The topological polar surface area (TPSA) is 47.3 Å². The molecule has 0 saturated heterocycles. The van der Waals surface area contributed by atoms with Crippen LogP contribution in [-0.2, 0) is 6.54 Å². The van der Waals surface area contributed by atoms with Gasteiger partial charge in [-0.1, -0.05) is 23.7 Å². The van der Waals surface area contributed by atoms with E-state index in [4.69, 9.17) is 16.3 Å². The maximum Gasteiger partial charge on any atom is 0.138 e. The van der Waals surface area contributed by atoms with Crippen molar-refractivity contribution < 1.29 is 9.84 Å². The number of aromatic nitrogens is 2. The number of aryl methyl sites for hydroxylation is 1. The van der Waals surface area contributed by atoms with E-state index in [2.05, 4.69) is 9.55 Å². The van der Waals surface area contributed by atoms with E-state index in [1.165, 1.54) is 0 Å². The quantitative estimate of drug-likeness (QED) is 0.637. The summed E-state index contributed by atoms with van der Waals surface area (Å²) in [7, 11) is 0. The highest BCUT2D eigenvalue weighted by Crippen LogP contribution is 2.21.